The van der Waals surface area contributed by atoms with Gasteiger partial charge in [-0.3, -0.25) is 9.59 Å². The largest absolute Gasteiger partial charge is 0.390 e. The summed E-state index contributed by atoms with van der Waals surface area (Å²) in [5.74, 6) is -3.53. The molecule has 5 aliphatic rings. The van der Waals surface area contributed by atoms with Gasteiger partial charge in [0.2, 0.25) is 0 Å². The van der Waals surface area contributed by atoms with Crippen LogP contribution in [0.15, 0.2) is 23.8 Å². The number of halogens is 2. The van der Waals surface area contributed by atoms with Crippen molar-refractivity contribution in [3.05, 3.63) is 23.8 Å². The average Bonchev–Trinajstić information content (AvgIpc) is 3.11. The van der Waals surface area contributed by atoms with Crippen LogP contribution in [0.2, 0.25) is 0 Å². The molecule has 9 atom stereocenters. The maximum atomic E-state index is 17.1. The van der Waals surface area contributed by atoms with E-state index >= 15 is 8.78 Å². The summed E-state index contributed by atoms with van der Waals surface area (Å²) in [6.45, 7) is 5.87. The number of ether oxygens (including phenoxy) is 2. The maximum absolute atomic E-state index is 17.1. The molecule has 0 radical (unpaired) electrons. The SMILES string of the molecule is CC1(C)O[C@H]2C[C@@H]3[C@@H]4C[C@H](F)C5=CC(=O)C=C[C@]5(C)[C@@]4(F)[C@@H](O)C[C@]3(C)[C@]2(C(=O)CO)O1. The van der Waals surface area contributed by atoms with E-state index in [9.17, 15) is 19.8 Å². The molecule has 1 aliphatic heterocycles. The summed E-state index contributed by atoms with van der Waals surface area (Å²) in [7, 11) is 0. The predicted molar refractivity (Wildman–Crippen MR) is 109 cm³/mol. The van der Waals surface area contributed by atoms with Gasteiger partial charge in [0.15, 0.2) is 28.6 Å². The number of carbonyl (C=O) groups is 2. The molecule has 4 aliphatic carbocycles. The molecule has 0 aromatic heterocycles. The monoisotopic (exact) mass is 452 g/mol. The molecule has 0 aromatic carbocycles. The fourth-order valence-corrected chi connectivity index (χ4v) is 7.92. The Kier molecular flexibility index (Phi) is 4.42. The number of aliphatic hydroxyl groups is 2. The molecule has 0 aromatic rings. The summed E-state index contributed by atoms with van der Waals surface area (Å²) in [5, 5.41) is 21.1. The third-order valence-electron chi connectivity index (χ3n) is 9.18. The maximum Gasteiger partial charge on any atom is 0.193 e. The van der Waals surface area contributed by atoms with Gasteiger partial charge in [-0.25, -0.2) is 8.78 Å². The highest BCUT2D eigenvalue weighted by Gasteiger charge is 2.80. The normalized spacial score (nSPS) is 53.2. The number of fused-ring (bicyclic) bond motifs is 7. The lowest BCUT2D eigenvalue weighted by Gasteiger charge is -2.63. The third kappa shape index (κ3) is 2.32. The van der Waals surface area contributed by atoms with Crippen LogP contribution < -0.4 is 0 Å². The van der Waals surface area contributed by atoms with E-state index in [2.05, 4.69) is 0 Å². The molecule has 2 N–H and O–H groups in total. The number of carbonyl (C=O) groups excluding carboxylic acids is 2. The van der Waals surface area contributed by atoms with Gasteiger partial charge < -0.3 is 19.7 Å². The van der Waals surface area contributed by atoms with E-state index in [1.165, 1.54) is 19.1 Å². The van der Waals surface area contributed by atoms with Gasteiger partial charge >= 0.3 is 0 Å². The van der Waals surface area contributed by atoms with E-state index in [1.807, 2.05) is 0 Å². The Balaban J connectivity index is 1.66. The van der Waals surface area contributed by atoms with E-state index in [0.29, 0.717) is 0 Å². The van der Waals surface area contributed by atoms with E-state index in [0.717, 1.165) is 6.08 Å². The Morgan fingerprint density at radius 3 is 2.56 bits per heavy atom. The van der Waals surface area contributed by atoms with Crippen LogP contribution in [0.4, 0.5) is 8.78 Å². The second-order valence-electron chi connectivity index (χ2n) is 11.0. The molecule has 0 unspecified atom stereocenters. The molecule has 4 fully saturated rings. The second kappa shape index (κ2) is 6.34. The lowest BCUT2D eigenvalue weighted by Crippen LogP contribution is -2.71. The Bertz CT molecular complexity index is 960. The number of aliphatic hydroxyl groups excluding tert-OH is 2. The van der Waals surface area contributed by atoms with Crippen molar-refractivity contribution in [1.82, 2.24) is 0 Å². The Morgan fingerprint density at radius 2 is 1.91 bits per heavy atom. The summed E-state index contributed by atoms with van der Waals surface area (Å²) in [5.41, 5.74) is -6.30. The second-order valence-corrected chi connectivity index (χ2v) is 11.0. The highest BCUT2D eigenvalue weighted by atomic mass is 19.1. The van der Waals surface area contributed by atoms with Crippen molar-refractivity contribution >= 4 is 11.6 Å². The average molecular weight is 452 g/mol. The van der Waals surface area contributed by atoms with Gasteiger partial charge in [0.1, 0.15) is 12.8 Å². The van der Waals surface area contributed by atoms with Crippen molar-refractivity contribution in [1.29, 1.82) is 0 Å². The van der Waals surface area contributed by atoms with Gasteiger partial charge in [-0.15, -0.1) is 0 Å². The Labute approximate surface area is 185 Å². The van der Waals surface area contributed by atoms with Gasteiger partial charge in [0.25, 0.3) is 0 Å². The molecule has 32 heavy (non-hydrogen) atoms. The lowest BCUT2D eigenvalue weighted by atomic mass is 9.44. The minimum atomic E-state index is -2.24. The van der Waals surface area contributed by atoms with Crippen LogP contribution in [-0.2, 0) is 19.1 Å². The van der Waals surface area contributed by atoms with Crippen molar-refractivity contribution in [2.45, 2.75) is 82.4 Å². The highest BCUT2D eigenvalue weighted by molar-refractivity contribution is 6.01. The van der Waals surface area contributed by atoms with E-state index in [1.54, 1.807) is 20.8 Å². The number of allylic oxidation sites excluding steroid dienone is 4. The van der Waals surface area contributed by atoms with E-state index in [4.69, 9.17) is 9.47 Å². The zero-order valence-electron chi connectivity index (χ0n) is 18.7. The van der Waals surface area contributed by atoms with Crippen LogP contribution in [0.1, 0.15) is 47.0 Å². The highest BCUT2D eigenvalue weighted by Crippen LogP contribution is 2.72. The van der Waals surface area contributed by atoms with Gasteiger partial charge in [0, 0.05) is 16.7 Å². The summed E-state index contributed by atoms with van der Waals surface area (Å²) in [6.07, 6.45) is -0.151. The number of hydrogen-bond donors (Lipinski definition) is 2. The van der Waals surface area contributed by atoms with Crippen LogP contribution in [0.5, 0.6) is 0 Å². The molecule has 0 amide bonds. The molecule has 5 rings (SSSR count). The first-order chi connectivity index (χ1) is 14.8. The number of alkyl halides is 2. The molecule has 8 heteroatoms. The zero-order chi connectivity index (χ0) is 23.5. The van der Waals surface area contributed by atoms with Crippen molar-refractivity contribution in [3.63, 3.8) is 0 Å². The molecule has 6 nitrogen and oxygen atoms in total. The molecule has 1 saturated heterocycles. The van der Waals surface area contributed by atoms with Crippen molar-refractivity contribution in [3.8, 4) is 0 Å². The number of Topliss-reactive ketones (excluding diaryl/α,β-unsaturated/α-hetero) is 1. The van der Waals surface area contributed by atoms with Crippen LogP contribution >= 0.6 is 0 Å². The fourth-order valence-electron chi connectivity index (χ4n) is 7.92. The molecule has 0 spiro atoms. The van der Waals surface area contributed by atoms with Crippen molar-refractivity contribution in [2.24, 2.45) is 22.7 Å². The standard InChI is InChI=1S/C24H30F2O6/c1-20(2)31-19-9-13-14-8-16(25)15-7-12(28)5-6-21(15,3)23(14,26)17(29)10-22(13,4)24(19,32-20)18(30)11-27/h5-7,13-14,16-17,19,27,29H,8-11H2,1-4H3/t13-,14+,16+,17+,19+,21+,22+,23+,24-/m1/s1. The molecular formula is C24H30F2O6. The van der Waals surface area contributed by atoms with Crippen molar-refractivity contribution < 1.29 is 38.1 Å². The van der Waals surface area contributed by atoms with Crippen LogP contribution in [0.25, 0.3) is 0 Å². The number of hydrogen-bond acceptors (Lipinski definition) is 6. The minimum absolute atomic E-state index is 0.0550. The van der Waals surface area contributed by atoms with Gasteiger partial charge in [-0.05, 0) is 63.7 Å². The smallest absolute Gasteiger partial charge is 0.193 e. The third-order valence-corrected chi connectivity index (χ3v) is 9.18. The molecule has 0 bridgehead atoms. The van der Waals surface area contributed by atoms with Gasteiger partial charge in [-0.1, -0.05) is 13.0 Å². The quantitative estimate of drug-likeness (QED) is 0.668. The van der Waals surface area contributed by atoms with Crippen LogP contribution in [0.3, 0.4) is 0 Å². The zero-order valence-corrected chi connectivity index (χ0v) is 18.7. The fraction of sp³-hybridized carbons (Fsp3) is 0.750. The number of rotatable bonds is 2. The molecule has 3 saturated carbocycles. The predicted octanol–water partition coefficient (Wildman–Crippen LogP) is 2.37. The van der Waals surface area contributed by atoms with Gasteiger partial charge in [-0.2, -0.15) is 0 Å². The molecule has 1 heterocycles. The summed E-state index contributed by atoms with van der Waals surface area (Å²) in [6, 6.07) is 0. The number of ketones is 2. The summed E-state index contributed by atoms with van der Waals surface area (Å²) >= 11 is 0. The first kappa shape index (κ1) is 22.3. The lowest BCUT2D eigenvalue weighted by molar-refractivity contribution is -0.248. The van der Waals surface area contributed by atoms with E-state index in [-0.39, 0.29) is 24.8 Å². The van der Waals surface area contributed by atoms with E-state index < -0.39 is 76.3 Å². The minimum Gasteiger partial charge on any atom is -0.390 e. The van der Waals surface area contributed by atoms with Crippen LogP contribution in [0, 0.1) is 22.7 Å². The van der Waals surface area contributed by atoms with Crippen LogP contribution in [-0.4, -0.2) is 63.8 Å². The molecule has 176 valence electrons. The molecular weight excluding hydrogens is 422 g/mol. The summed E-state index contributed by atoms with van der Waals surface area (Å²) < 4.78 is 44.8. The summed E-state index contributed by atoms with van der Waals surface area (Å²) in [4.78, 5) is 25.1. The van der Waals surface area contributed by atoms with Gasteiger partial charge in [0.05, 0.1) is 12.2 Å². The first-order valence-electron chi connectivity index (χ1n) is 11.3. The Morgan fingerprint density at radius 1 is 1.22 bits per heavy atom. The first-order valence-corrected chi connectivity index (χ1v) is 11.3. The Hall–Kier alpha value is -1.48. The van der Waals surface area contributed by atoms with Crippen molar-refractivity contribution in [2.75, 3.05) is 6.61 Å². The topological polar surface area (TPSA) is 93.1 Å².